The summed E-state index contributed by atoms with van der Waals surface area (Å²) in [5.74, 6) is -1.34. The molecule has 1 aromatic carbocycles. The molecule has 1 aliphatic heterocycles. The van der Waals surface area contributed by atoms with Gasteiger partial charge in [0, 0.05) is 0 Å². The maximum Gasteiger partial charge on any atom is 0.459 e. The molecule has 2 aromatic heterocycles. The molecule has 3 aromatic rings. The number of benzene rings is 1. The highest BCUT2D eigenvalue weighted by Gasteiger charge is 2.57. The molecule has 0 amide bonds. The van der Waals surface area contributed by atoms with Crippen LogP contribution in [0.25, 0.3) is 5.52 Å². The van der Waals surface area contributed by atoms with Gasteiger partial charge >= 0.3 is 19.7 Å². The molecule has 234 valence electrons. The number of nitrogens with zero attached hydrogens (tertiary/aromatic N) is 3. The van der Waals surface area contributed by atoms with E-state index in [2.05, 4.69) is 15.2 Å². The number of carbonyl (C=O) groups is 2. The summed E-state index contributed by atoms with van der Waals surface area (Å²) < 4.78 is 44.2. The Balaban J connectivity index is 1.64. The Morgan fingerprint density at radius 3 is 2.49 bits per heavy atom. The molecule has 15 heteroatoms. The zero-order valence-corrected chi connectivity index (χ0v) is 25.8. The number of fused-ring (bicyclic) bond motifs is 1. The molecule has 1 saturated heterocycles. The van der Waals surface area contributed by atoms with Gasteiger partial charge in [-0.15, -0.1) is 0 Å². The van der Waals surface area contributed by atoms with Crippen molar-refractivity contribution < 1.29 is 42.5 Å². The highest BCUT2D eigenvalue weighted by atomic mass is 31.2. The molecule has 0 bridgehead atoms. The van der Waals surface area contributed by atoms with Crippen LogP contribution >= 0.6 is 7.75 Å². The Kier molecular flexibility index (Phi) is 9.77. The molecule has 4 N–H and O–H groups in total. The molecule has 0 unspecified atom stereocenters. The van der Waals surface area contributed by atoms with Gasteiger partial charge in [-0.2, -0.15) is 10.2 Å². The molecule has 0 aliphatic carbocycles. The summed E-state index contributed by atoms with van der Waals surface area (Å²) in [6.07, 6.45) is -2.60. The fraction of sp³-hybridized carbons (Fsp3) is 0.500. The van der Waals surface area contributed by atoms with E-state index in [1.54, 1.807) is 70.2 Å². The van der Waals surface area contributed by atoms with Crippen molar-refractivity contribution in [2.75, 3.05) is 12.3 Å². The molecule has 4 rings (SSSR count). The summed E-state index contributed by atoms with van der Waals surface area (Å²) >= 11 is 0. The summed E-state index contributed by atoms with van der Waals surface area (Å²) in [5.41, 5.74) is 5.09. The standard InChI is InChI=1S/C28H38N5O9P/c1-16(2)26(34)41-24-22(40-23(28(24,6)36)20-12-13-21-25(29)30-15-31-33(20)21)14-38-43(37,42-19-10-8-7-9-11-19)32-18(5)27(35)39-17(3)4/h7-13,15-18,22-24,36H,14H2,1-6H3,(H,32,37)(H2,29,30,31)/t18-,22-,23+,24-,28+,43-/m1/s1. The number of hydrogen-bond acceptors (Lipinski definition) is 12. The van der Waals surface area contributed by atoms with Crippen LogP contribution in [0.3, 0.4) is 0 Å². The van der Waals surface area contributed by atoms with Crippen molar-refractivity contribution in [2.24, 2.45) is 5.92 Å². The second-order valence-corrected chi connectivity index (χ2v) is 12.7. The van der Waals surface area contributed by atoms with Gasteiger partial charge in [-0.05, 0) is 52.0 Å². The SMILES string of the molecule is CC(C)OC(=O)[C@@H](C)N[P@@](=O)(OC[C@H]1O[C@@H](c2ccc3c(N)ncnn23)[C@](C)(O)[C@@H]1OC(=O)C(C)C)Oc1ccccc1. The van der Waals surface area contributed by atoms with E-state index >= 15 is 0 Å². The average molecular weight is 620 g/mol. The number of aromatic nitrogens is 3. The summed E-state index contributed by atoms with van der Waals surface area (Å²) in [4.78, 5) is 29.2. The Morgan fingerprint density at radius 1 is 1.14 bits per heavy atom. The van der Waals surface area contributed by atoms with E-state index in [4.69, 9.17) is 29.0 Å². The molecule has 43 heavy (non-hydrogen) atoms. The number of carbonyl (C=O) groups excluding carboxylic acids is 2. The van der Waals surface area contributed by atoms with Crippen molar-refractivity contribution in [3.8, 4) is 5.75 Å². The number of rotatable bonds is 12. The fourth-order valence-corrected chi connectivity index (χ4v) is 6.04. The minimum absolute atomic E-state index is 0.208. The van der Waals surface area contributed by atoms with Gasteiger partial charge in [0.25, 0.3) is 0 Å². The lowest BCUT2D eigenvalue weighted by Gasteiger charge is -2.30. The average Bonchev–Trinajstić information content (AvgIpc) is 3.46. The van der Waals surface area contributed by atoms with Crippen LogP contribution in [-0.2, 0) is 32.9 Å². The molecule has 1 fully saturated rings. The number of nitrogens with one attached hydrogen (secondary N) is 1. The smallest absolute Gasteiger partial charge is 0.459 e. The molecular formula is C28H38N5O9P. The molecule has 6 atom stereocenters. The number of para-hydroxylation sites is 1. The highest BCUT2D eigenvalue weighted by molar-refractivity contribution is 7.52. The van der Waals surface area contributed by atoms with E-state index in [9.17, 15) is 19.3 Å². The molecular weight excluding hydrogens is 581 g/mol. The van der Waals surface area contributed by atoms with E-state index in [0.29, 0.717) is 11.2 Å². The monoisotopic (exact) mass is 619 g/mol. The van der Waals surface area contributed by atoms with Crippen LogP contribution in [0.4, 0.5) is 5.82 Å². The third kappa shape index (κ3) is 7.34. The molecule has 14 nitrogen and oxygen atoms in total. The quantitative estimate of drug-likeness (QED) is 0.198. The van der Waals surface area contributed by atoms with Crippen LogP contribution in [0.5, 0.6) is 5.75 Å². The largest absolute Gasteiger partial charge is 0.462 e. The number of hydrogen-bond donors (Lipinski definition) is 3. The van der Waals surface area contributed by atoms with E-state index in [1.807, 2.05) is 0 Å². The van der Waals surface area contributed by atoms with Crippen LogP contribution < -0.4 is 15.3 Å². The van der Waals surface area contributed by atoms with Crippen molar-refractivity contribution >= 4 is 31.0 Å². The molecule has 3 heterocycles. The van der Waals surface area contributed by atoms with Gasteiger partial charge in [-0.25, -0.2) is 14.1 Å². The lowest BCUT2D eigenvalue weighted by atomic mass is 9.91. The van der Waals surface area contributed by atoms with Gasteiger partial charge < -0.3 is 29.6 Å². The summed E-state index contributed by atoms with van der Waals surface area (Å²) in [5, 5.41) is 18.6. The number of anilines is 1. The number of nitrogen functional groups attached to an aromatic ring is 1. The first kappa shape index (κ1) is 32.4. The molecule has 0 saturated carbocycles. The Hall–Kier alpha value is -3.55. The third-order valence-corrected chi connectivity index (χ3v) is 8.33. The van der Waals surface area contributed by atoms with Gasteiger partial charge in [0.05, 0.1) is 24.3 Å². The molecule has 0 radical (unpaired) electrons. The highest BCUT2D eigenvalue weighted by Crippen LogP contribution is 2.48. The number of ether oxygens (including phenoxy) is 3. The molecule has 1 aliphatic rings. The van der Waals surface area contributed by atoms with Crippen molar-refractivity contribution in [3.63, 3.8) is 0 Å². The first-order valence-electron chi connectivity index (χ1n) is 13.9. The van der Waals surface area contributed by atoms with Gasteiger partial charge in [-0.3, -0.25) is 14.1 Å². The summed E-state index contributed by atoms with van der Waals surface area (Å²) in [6.45, 7) is 9.14. The lowest BCUT2D eigenvalue weighted by Crippen LogP contribution is -2.47. The van der Waals surface area contributed by atoms with Gasteiger partial charge in [0.1, 0.15) is 41.4 Å². The summed E-state index contributed by atoms with van der Waals surface area (Å²) in [6, 6.07) is 10.5. The van der Waals surface area contributed by atoms with Crippen LogP contribution in [0.1, 0.15) is 53.3 Å². The second-order valence-electron chi connectivity index (χ2n) is 11.0. The van der Waals surface area contributed by atoms with Crippen molar-refractivity contribution in [3.05, 3.63) is 54.5 Å². The van der Waals surface area contributed by atoms with E-state index in [-0.39, 0.29) is 11.6 Å². The molecule has 0 spiro atoms. The zero-order valence-electron chi connectivity index (χ0n) is 24.9. The number of nitrogens with two attached hydrogens (primary N) is 1. The zero-order chi connectivity index (χ0) is 31.5. The number of esters is 2. The van der Waals surface area contributed by atoms with Gasteiger partial charge in [-0.1, -0.05) is 32.0 Å². The fourth-order valence-electron chi connectivity index (χ4n) is 4.54. The van der Waals surface area contributed by atoms with E-state index in [1.165, 1.54) is 24.7 Å². The van der Waals surface area contributed by atoms with Crippen molar-refractivity contribution in [1.82, 2.24) is 19.7 Å². The van der Waals surface area contributed by atoms with Crippen molar-refractivity contribution in [2.45, 2.75) is 77.6 Å². The van der Waals surface area contributed by atoms with Gasteiger partial charge in [0.2, 0.25) is 0 Å². The number of aliphatic hydroxyl groups is 1. The first-order chi connectivity index (χ1) is 20.2. The predicted molar refractivity (Wildman–Crippen MR) is 155 cm³/mol. The van der Waals surface area contributed by atoms with Crippen LogP contribution in [-0.4, -0.2) is 68.2 Å². The van der Waals surface area contributed by atoms with E-state index in [0.717, 1.165) is 0 Å². The van der Waals surface area contributed by atoms with Crippen molar-refractivity contribution in [1.29, 1.82) is 0 Å². The third-order valence-electron chi connectivity index (χ3n) is 6.68. The minimum Gasteiger partial charge on any atom is -0.462 e. The summed E-state index contributed by atoms with van der Waals surface area (Å²) in [7, 11) is -4.29. The van der Waals surface area contributed by atoms with Crippen LogP contribution in [0, 0.1) is 5.92 Å². The Bertz CT molecular complexity index is 1480. The predicted octanol–water partition coefficient (Wildman–Crippen LogP) is 3.20. The normalized spacial score (nSPS) is 24.2. The maximum atomic E-state index is 14.0. The van der Waals surface area contributed by atoms with Crippen LogP contribution in [0.15, 0.2) is 48.8 Å². The second kappa shape index (κ2) is 13.0. The van der Waals surface area contributed by atoms with E-state index < -0.39 is 68.3 Å². The van der Waals surface area contributed by atoms with Gasteiger partial charge in [0.15, 0.2) is 11.9 Å². The lowest BCUT2D eigenvalue weighted by molar-refractivity contribution is -0.166. The first-order valence-corrected chi connectivity index (χ1v) is 15.4. The topological polar surface area (TPSA) is 186 Å². The Morgan fingerprint density at radius 2 is 1.84 bits per heavy atom. The maximum absolute atomic E-state index is 14.0. The minimum atomic E-state index is -4.29. The van der Waals surface area contributed by atoms with Crippen LogP contribution in [0.2, 0.25) is 0 Å². The Labute approximate surface area is 249 Å².